The lowest BCUT2D eigenvalue weighted by Crippen LogP contribution is -2.51. The van der Waals surface area contributed by atoms with Crippen LogP contribution in [0.4, 0.5) is 0 Å². The zero-order valence-electron chi connectivity index (χ0n) is 24.3. The van der Waals surface area contributed by atoms with Gasteiger partial charge >= 0.3 is 0 Å². The number of piperidine rings is 1. The first-order chi connectivity index (χ1) is 20.9. The topological polar surface area (TPSA) is 132 Å². The molecule has 4 aromatic rings. The highest BCUT2D eigenvalue weighted by atomic mass is 16.5. The molecule has 1 unspecified atom stereocenters. The maximum Gasteiger partial charge on any atom is 0.257 e. The molecule has 0 saturated carbocycles. The Labute approximate surface area is 250 Å². The van der Waals surface area contributed by atoms with Gasteiger partial charge in [0, 0.05) is 24.7 Å². The molecule has 6 rings (SSSR count). The third-order valence-electron chi connectivity index (χ3n) is 9.30. The van der Waals surface area contributed by atoms with E-state index in [-0.39, 0.29) is 17.2 Å². The number of nitrogens with zero attached hydrogens (tertiary/aromatic N) is 7. The van der Waals surface area contributed by atoms with Crippen LogP contribution in [0.3, 0.4) is 0 Å². The van der Waals surface area contributed by atoms with Crippen LogP contribution >= 0.6 is 0 Å². The summed E-state index contributed by atoms with van der Waals surface area (Å²) in [7, 11) is 1.57. The molecule has 43 heavy (non-hydrogen) atoms. The number of ether oxygens (including phenoxy) is 1. The van der Waals surface area contributed by atoms with Crippen molar-refractivity contribution in [1.82, 2.24) is 35.0 Å². The largest absolute Gasteiger partial charge is 0.496 e. The van der Waals surface area contributed by atoms with Gasteiger partial charge in [0.05, 0.1) is 29.5 Å². The first-order valence-electron chi connectivity index (χ1n) is 14.6. The third-order valence-corrected chi connectivity index (χ3v) is 9.30. The molecule has 11 nitrogen and oxygen atoms in total. The molecule has 1 atom stereocenters. The van der Waals surface area contributed by atoms with Crippen LogP contribution < -0.4 is 10.5 Å². The number of benzene rings is 2. The molecule has 2 fully saturated rings. The second kappa shape index (κ2) is 11.9. The van der Waals surface area contributed by atoms with E-state index < -0.39 is 5.41 Å². The number of hydrogen-bond acceptors (Lipinski definition) is 8. The summed E-state index contributed by atoms with van der Waals surface area (Å²) in [6.45, 7) is 3.60. The maximum absolute atomic E-state index is 14.0. The minimum atomic E-state index is -0.735. The zero-order chi connectivity index (χ0) is 29.9. The van der Waals surface area contributed by atoms with E-state index in [1.54, 1.807) is 25.4 Å². The number of rotatable bonds is 9. The Morgan fingerprint density at radius 3 is 2.44 bits per heavy atom. The fourth-order valence-corrected chi connectivity index (χ4v) is 6.68. The predicted octanol–water partition coefficient (Wildman–Crippen LogP) is 2.76. The average Bonchev–Trinajstić information content (AvgIpc) is 3.76. The molecule has 0 bridgehead atoms. The number of methoxy groups -OCH3 is 1. The van der Waals surface area contributed by atoms with Crippen molar-refractivity contribution in [3.8, 4) is 11.4 Å². The van der Waals surface area contributed by atoms with E-state index in [0.717, 1.165) is 38.2 Å². The molecule has 0 aliphatic carbocycles. The van der Waals surface area contributed by atoms with Crippen LogP contribution in [0.5, 0.6) is 5.75 Å². The van der Waals surface area contributed by atoms with Crippen LogP contribution in [-0.4, -0.2) is 86.6 Å². The summed E-state index contributed by atoms with van der Waals surface area (Å²) in [5.74, 6) is 0.124. The second-order valence-electron chi connectivity index (χ2n) is 11.5. The number of carbonyl (C=O) groups excluding carboxylic acids is 2. The lowest BCUT2D eigenvalue weighted by atomic mass is 9.73. The van der Waals surface area contributed by atoms with Crippen LogP contribution in [0.1, 0.15) is 47.3 Å². The first-order valence-corrected chi connectivity index (χ1v) is 14.6. The van der Waals surface area contributed by atoms with Gasteiger partial charge in [-0.15, -0.1) is 5.10 Å². The Morgan fingerprint density at radius 2 is 1.77 bits per heavy atom. The van der Waals surface area contributed by atoms with Crippen LogP contribution in [0.15, 0.2) is 79.3 Å². The number of likely N-dealkylation sites (tertiary alicyclic amines) is 2. The van der Waals surface area contributed by atoms with Gasteiger partial charge in [0.25, 0.3) is 5.91 Å². The minimum Gasteiger partial charge on any atom is -0.496 e. The van der Waals surface area contributed by atoms with Crippen molar-refractivity contribution in [2.45, 2.75) is 36.5 Å². The van der Waals surface area contributed by atoms with Gasteiger partial charge < -0.3 is 20.3 Å². The van der Waals surface area contributed by atoms with Gasteiger partial charge in [0.2, 0.25) is 5.91 Å². The van der Waals surface area contributed by atoms with Crippen molar-refractivity contribution in [2.75, 3.05) is 39.8 Å². The van der Waals surface area contributed by atoms with Crippen LogP contribution in [0.25, 0.3) is 5.69 Å². The molecule has 2 aliphatic heterocycles. The molecule has 11 heteroatoms. The Kier molecular flexibility index (Phi) is 7.90. The van der Waals surface area contributed by atoms with Gasteiger partial charge in [-0.3, -0.25) is 14.6 Å². The van der Waals surface area contributed by atoms with Gasteiger partial charge in [-0.2, -0.15) is 0 Å². The Morgan fingerprint density at radius 1 is 0.977 bits per heavy atom. The number of primary amides is 1. The number of carbonyl (C=O) groups is 2. The minimum absolute atomic E-state index is 0.0795. The van der Waals surface area contributed by atoms with Gasteiger partial charge in [0.15, 0.2) is 0 Å². The van der Waals surface area contributed by atoms with Crippen molar-refractivity contribution in [1.29, 1.82) is 0 Å². The summed E-state index contributed by atoms with van der Waals surface area (Å²) < 4.78 is 7.10. The van der Waals surface area contributed by atoms with E-state index in [4.69, 9.17) is 10.5 Å². The van der Waals surface area contributed by atoms with E-state index in [2.05, 4.69) is 49.7 Å². The van der Waals surface area contributed by atoms with Crippen molar-refractivity contribution in [3.63, 3.8) is 0 Å². The van der Waals surface area contributed by atoms with E-state index in [1.165, 1.54) is 16.6 Å². The quantitative estimate of drug-likeness (QED) is 0.320. The normalized spacial score (nSPS) is 20.2. The summed E-state index contributed by atoms with van der Waals surface area (Å²) >= 11 is 0. The number of amides is 2. The molecule has 0 spiro atoms. The summed E-state index contributed by atoms with van der Waals surface area (Å²) in [6.07, 6.45) is 6.23. The van der Waals surface area contributed by atoms with E-state index in [0.29, 0.717) is 42.9 Å². The number of nitrogens with two attached hydrogens (primary N) is 1. The standard InChI is InChI=1S/C32H36N8O3/c1-43-27-11-10-25(40-23-35-36-37-40)21-26(27)29(41)39-20-13-31(22-39,24-7-3-2-4-8-24)12-17-38-18-14-32(15-19-38,30(33)42)28-9-5-6-16-34-28/h2-11,16,21,23H,12-15,17-20,22H2,1H3,(H2,33,42). The molecule has 2 aromatic heterocycles. The molecular weight excluding hydrogens is 544 g/mol. The molecule has 0 radical (unpaired) electrons. The molecule has 4 heterocycles. The Hall–Kier alpha value is -4.64. The van der Waals surface area contributed by atoms with Gasteiger partial charge in [-0.25, -0.2) is 4.68 Å². The Bertz CT molecular complexity index is 1560. The second-order valence-corrected chi connectivity index (χ2v) is 11.5. The first kappa shape index (κ1) is 28.5. The lowest BCUT2D eigenvalue weighted by molar-refractivity contribution is -0.125. The summed E-state index contributed by atoms with van der Waals surface area (Å²) in [5, 5.41) is 11.4. The van der Waals surface area contributed by atoms with Crippen LogP contribution in [0.2, 0.25) is 0 Å². The smallest absolute Gasteiger partial charge is 0.257 e. The summed E-state index contributed by atoms with van der Waals surface area (Å²) in [5.41, 5.74) is 8.17. The van der Waals surface area contributed by atoms with Gasteiger partial charge in [-0.1, -0.05) is 36.4 Å². The number of tetrazole rings is 1. The van der Waals surface area contributed by atoms with E-state index >= 15 is 0 Å². The molecule has 222 valence electrons. The Balaban J connectivity index is 1.19. The fraction of sp³-hybridized carbons (Fsp3) is 0.375. The molecule has 2 amide bonds. The van der Waals surface area contributed by atoms with Crippen molar-refractivity contribution in [3.05, 3.63) is 96.1 Å². The van der Waals surface area contributed by atoms with Crippen molar-refractivity contribution < 1.29 is 14.3 Å². The van der Waals surface area contributed by atoms with Crippen molar-refractivity contribution >= 4 is 11.8 Å². The molecule has 2 aliphatic rings. The maximum atomic E-state index is 14.0. The monoisotopic (exact) mass is 580 g/mol. The summed E-state index contributed by atoms with van der Waals surface area (Å²) in [4.78, 5) is 35.4. The lowest BCUT2D eigenvalue weighted by Gasteiger charge is -2.40. The molecule has 2 aromatic carbocycles. The highest BCUT2D eigenvalue weighted by Crippen LogP contribution is 2.40. The van der Waals surface area contributed by atoms with Crippen molar-refractivity contribution in [2.24, 2.45) is 5.73 Å². The highest BCUT2D eigenvalue weighted by molar-refractivity contribution is 5.98. The molecular formula is C32H36N8O3. The van der Waals surface area contributed by atoms with E-state index in [9.17, 15) is 9.59 Å². The third kappa shape index (κ3) is 5.48. The van der Waals surface area contributed by atoms with Crippen LogP contribution in [-0.2, 0) is 15.6 Å². The SMILES string of the molecule is COc1ccc(-n2cnnn2)cc1C(=O)N1CCC(CCN2CCC(C(N)=O)(c3ccccn3)CC2)(c2ccccc2)C1. The number of aromatic nitrogens is 5. The average molecular weight is 581 g/mol. The van der Waals surface area contributed by atoms with E-state index in [1.807, 2.05) is 35.2 Å². The molecule has 2 N–H and O–H groups in total. The predicted molar refractivity (Wildman–Crippen MR) is 160 cm³/mol. The fourth-order valence-electron chi connectivity index (χ4n) is 6.68. The van der Waals surface area contributed by atoms with Gasteiger partial charge in [-0.05, 0) is 91.6 Å². The van der Waals surface area contributed by atoms with Crippen LogP contribution in [0, 0.1) is 0 Å². The van der Waals surface area contributed by atoms with Gasteiger partial charge in [0.1, 0.15) is 12.1 Å². The highest BCUT2D eigenvalue weighted by Gasteiger charge is 2.45. The number of pyridine rings is 1. The number of hydrogen-bond donors (Lipinski definition) is 1. The molecule has 2 saturated heterocycles. The summed E-state index contributed by atoms with van der Waals surface area (Å²) in [6, 6.07) is 21.5. The zero-order valence-corrected chi connectivity index (χ0v) is 24.3.